The van der Waals surface area contributed by atoms with Crippen molar-refractivity contribution in [1.29, 1.82) is 0 Å². The molecule has 0 radical (unpaired) electrons. The zero-order chi connectivity index (χ0) is 23.9. The molecule has 0 spiro atoms. The number of alkyl halides is 2. The molecule has 33 heavy (non-hydrogen) atoms. The maximum Gasteiger partial charge on any atom is 0.246 e. The van der Waals surface area contributed by atoms with Crippen molar-refractivity contribution < 1.29 is 13.5 Å². The zero-order valence-corrected chi connectivity index (χ0v) is 20.0. The molecule has 2 unspecified atom stereocenters. The van der Waals surface area contributed by atoms with Crippen LogP contribution >= 0.6 is 12.6 Å². The van der Waals surface area contributed by atoms with E-state index in [0.717, 1.165) is 42.0 Å². The van der Waals surface area contributed by atoms with Crippen LogP contribution < -0.4 is 10.6 Å². The number of rotatable bonds is 16. The molecule has 180 valence electrons. The van der Waals surface area contributed by atoms with Gasteiger partial charge in [-0.05, 0) is 60.2 Å². The highest BCUT2D eigenvalue weighted by Gasteiger charge is 2.12. The molecule has 0 aliphatic heterocycles. The maximum absolute atomic E-state index is 12.6. The number of halogens is 2. The van der Waals surface area contributed by atoms with E-state index in [4.69, 9.17) is 4.74 Å². The SMILES string of the molecule is C=CNC(CNCCc1ccnc(COCc2ccc(CCS)cc2)c1)N=CC(C)C(F)F. The van der Waals surface area contributed by atoms with Gasteiger partial charge in [-0.1, -0.05) is 37.8 Å². The maximum atomic E-state index is 12.6. The zero-order valence-electron chi connectivity index (χ0n) is 19.1. The molecule has 0 fully saturated rings. The molecule has 2 N–H and O–H groups in total. The smallest absolute Gasteiger partial charge is 0.246 e. The molecule has 0 aliphatic carbocycles. The molecule has 2 atom stereocenters. The van der Waals surface area contributed by atoms with Crippen molar-refractivity contribution in [3.05, 3.63) is 77.8 Å². The number of hydrogen-bond acceptors (Lipinski definition) is 6. The van der Waals surface area contributed by atoms with Crippen molar-refractivity contribution in [2.24, 2.45) is 10.9 Å². The molecule has 0 aliphatic rings. The van der Waals surface area contributed by atoms with Gasteiger partial charge in [0.25, 0.3) is 0 Å². The second-order valence-corrected chi connectivity index (χ2v) is 8.22. The number of pyridine rings is 1. The summed E-state index contributed by atoms with van der Waals surface area (Å²) in [6.45, 7) is 7.27. The van der Waals surface area contributed by atoms with Crippen molar-refractivity contribution in [1.82, 2.24) is 15.6 Å². The molecule has 1 aromatic heterocycles. The van der Waals surface area contributed by atoms with Crippen LogP contribution in [0.1, 0.15) is 29.3 Å². The lowest BCUT2D eigenvalue weighted by molar-refractivity contribution is 0.104. The van der Waals surface area contributed by atoms with Crippen LogP contribution in [0.15, 0.2) is 60.4 Å². The van der Waals surface area contributed by atoms with Crippen molar-refractivity contribution in [3.8, 4) is 0 Å². The molecule has 0 saturated carbocycles. The Bertz CT molecular complexity index is 849. The van der Waals surface area contributed by atoms with E-state index in [0.29, 0.717) is 19.8 Å². The third kappa shape index (κ3) is 10.9. The molecule has 0 bridgehead atoms. The van der Waals surface area contributed by atoms with Gasteiger partial charge in [-0.15, -0.1) is 0 Å². The molecule has 0 saturated heterocycles. The molecule has 8 heteroatoms. The number of ether oxygens (including phenoxy) is 1. The minimum absolute atomic E-state index is 0.336. The van der Waals surface area contributed by atoms with E-state index in [2.05, 4.69) is 64.1 Å². The minimum atomic E-state index is -2.42. The van der Waals surface area contributed by atoms with Crippen LogP contribution in [0.4, 0.5) is 8.78 Å². The summed E-state index contributed by atoms with van der Waals surface area (Å²) in [6, 6.07) is 12.4. The Labute approximate surface area is 201 Å². The summed E-state index contributed by atoms with van der Waals surface area (Å²) >= 11 is 4.26. The Morgan fingerprint density at radius 2 is 1.88 bits per heavy atom. The van der Waals surface area contributed by atoms with E-state index in [-0.39, 0.29) is 6.17 Å². The van der Waals surface area contributed by atoms with Crippen molar-refractivity contribution in [3.63, 3.8) is 0 Å². The van der Waals surface area contributed by atoms with Gasteiger partial charge < -0.3 is 15.4 Å². The van der Waals surface area contributed by atoms with Gasteiger partial charge in [0.15, 0.2) is 0 Å². The number of aliphatic imine (C=N–C) groups is 1. The number of thiol groups is 1. The molecule has 1 heterocycles. The van der Waals surface area contributed by atoms with Gasteiger partial charge in [0, 0.05) is 19.0 Å². The van der Waals surface area contributed by atoms with Crippen molar-refractivity contribution in [2.75, 3.05) is 18.8 Å². The first-order chi connectivity index (χ1) is 16.0. The Morgan fingerprint density at radius 1 is 1.12 bits per heavy atom. The number of nitrogens with zero attached hydrogens (tertiary/aromatic N) is 2. The third-order valence-electron chi connectivity index (χ3n) is 4.96. The Morgan fingerprint density at radius 3 is 2.58 bits per heavy atom. The molecule has 5 nitrogen and oxygen atoms in total. The van der Waals surface area contributed by atoms with Crippen LogP contribution in [-0.4, -0.2) is 42.6 Å². The lowest BCUT2D eigenvalue weighted by Gasteiger charge is -2.15. The molecule has 1 aromatic carbocycles. The number of benzene rings is 1. The van der Waals surface area contributed by atoms with Gasteiger partial charge in [-0.25, -0.2) is 8.78 Å². The monoisotopic (exact) mass is 476 g/mol. The van der Waals surface area contributed by atoms with Gasteiger partial charge >= 0.3 is 0 Å². The quantitative estimate of drug-likeness (QED) is 0.191. The van der Waals surface area contributed by atoms with E-state index in [1.54, 1.807) is 6.20 Å². The highest BCUT2D eigenvalue weighted by Crippen LogP contribution is 2.10. The number of nitrogens with one attached hydrogen (secondary N) is 2. The minimum Gasteiger partial charge on any atom is -0.370 e. The fraction of sp³-hybridized carbons (Fsp3) is 0.440. The van der Waals surface area contributed by atoms with Crippen LogP contribution in [0.2, 0.25) is 0 Å². The normalized spacial score (nSPS) is 13.4. The van der Waals surface area contributed by atoms with Crippen LogP contribution in [0.5, 0.6) is 0 Å². The highest BCUT2D eigenvalue weighted by atomic mass is 32.1. The number of aryl methyl sites for hydroxylation is 1. The highest BCUT2D eigenvalue weighted by molar-refractivity contribution is 7.80. The van der Waals surface area contributed by atoms with Crippen LogP contribution in [0.25, 0.3) is 0 Å². The number of aromatic nitrogens is 1. The lowest BCUT2D eigenvalue weighted by Crippen LogP contribution is -2.35. The Balaban J connectivity index is 1.73. The van der Waals surface area contributed by atoms with Crippen LogP contribution in [0.3, 0.4) is 0 Å². The Hall–Kier alpha value is -2.29. The topological polar surface area (TPSA) is 58.5 Å². The molecule has 0 amide bonds. The Kier molecular flexibility index (Phi) is 12.7. The molecular formula is C25H34F2N4OS. The summed E-state index contributed by atoms with van der Waals surface area (Å²) in [6.07, 6.45) is 3.61. The van der Waals surface area contributed by atoms with Gasteiger partial charge in [0.2, 0.25) is 6.43 Å². The summed E-state index contributed by atoms with van der Waals surface area (Å²) in [5.74, 6) is -0.0391. The summed E-state index contributed by atoms with van der Waals surface area (Å²) in [4.78, 5) is 8.58. The van der Waals surface area contributed by atoms with Gasteiger partial charge in [0.05, 0.1) is 24.8 Å². The first-order valence-corrected chi connectivity index (χ1v) is 11.7. The molecule has 2 rings (SSSR count). The van der Waals surface area contributed by atoms with Crippen molar-refractivity contribution in [2.45, 2.75) is 45.6 Å². The van der Waals surface area contributed by atoms with Gasteiger partial charge in [-0.3, -0.25) is 9.98 Å². The van der Waals surface area contributed by atoms with E-state index in [1.807, 2.05) is 12.1 Å². The third-order valence-corrected chi connectivity index (χ3v) is 5.18. The predicted molar refractivity (Wildman–Crippen MR) is 134 cm³/mol. The first-order valence-electron chi connectivity index (χ1n) is 11.1. The van der Waals surface area contributed by atoms with Gasteiger partial charge in [0.1, 0.15) is 6.17 Å². The average Bonchev–Trinajstić information content (AvgIpc) is 2.81. The van der Waals surface area contributed by atoms with Crippen molar-refractivity contribution >= 4 is 18.8 Å². The molecule has 2 aromatic rings. The van der Waals surface area contributed by atoms with Crippen LogP contribution in [0, 0.1) is 5.92 Å². The standard InChI is InChI=1S/C25H34F2N4OS/c1-3-29-24(31-15-19(2)25(26)27)16-28-11-8-21-9-12-30-23(14-21)18-32-17-22-6-4-20(5-7-22)10-13-33/h3-7,9,12,14-15,19,24-25,28-29,33H,1,8,10-11,13,16-18H2,2H3. The molecular weight excluding hydrogens is 442 g/mol. The number of hydrogen-bond donors (Lipinski definition) is 3. The second kappa shape index (κ2) is 15.5. The summed E-state index contributed by atoms with van der Waals surface area (Å²) in [5, 5.41) is 6.26. The summed E-state index contributed by atoms with van der Waals surface area (Å²) in [7, 11) is 0. The predicted octanol–water partition coefficient (Wildman–Crippen LogP) is 4.43. The largest absolute Gasteiger partial charge is 0.370 e. The summed E-state index contributed by atoms with van der Waals surface area (Å²) in [5.41, 5.74) is 4.44. The average molecular weight is 477 g/mol. The van der Waals surface area contributed by atoms with E-state index in [1.165, 1.54) is 24.9 Å². The van der Waals surface area contributed by atoms with Crippen LogP contribution in [-0.2, 0) is 30.8 Å². The lowest BCUT2D eigenvalue weighted by atomic mass is 10.1. The van der Waals surface area contributed by atoms with E-state index < -0.39 is 12.3 Å². The van der Waals surface area contributed by atoms with E-state index >= 15 is 0 Å². The first kappa shape index (κ1) is 27.0. The van der Waals surface area contributed by atoms with Gasteiger partial charge in [-0.2, -0.15) is 12.6 Å². The fourth-order valence-corrected chi connectivity index (χ4v) is 3.29. The summed E-state index contributed by atoms with van der Waals surface area (Å²) < 4.78 is 31.1. The van der Waals surface area contributed by atoms with E-state index in [9.17, 15) is 8.78 Å². The second-order valence-electron chi connectivity index (χ2n) is 7.77. The fourth-order valence-electron chi connectivity index (χ4n) is 3.03.